The van der Waals surface area contributed by atoms with Gasteiger partial charge in [-0.25, -0.2) is 0 Å². The van der Waals surface area contributed by atoms with Crippen molar-refractivity contribution in [2.75, 3.05) is 16.4 Å². The predicted molar refractivity (Wildman–Crippen MR) is 227 cm³/mol. The third-order valence-electron chi connectivity index (χ3n) is 10.3. The lowest BCUT2D eigenvalue weighted by atomic mass is 10.0. The summed E-state index contributed by atoms with van der Waals surface area (Å²) in [6.45, 7) is 2.30. The van der Waals surface area contributed by atoms with Crippen LogP contribution in [0.15, 0.2) is 127 Å². The summed E-state index contributed by atoms with van der Waals surface area (Å²) in [6, 6.07) is 46.3. The Kier molecular flexibility index (Phi) is 14.6. The molecule has 0 aliphatic heterocycles. The van der Waals surface area contributed by atoms with Gasteiger partial charge in [-0.2, -0.15) is 11.8 Å². The number of para-hydroxylation sites is 5. The highest BCUT2D eigenvalue weighted by Crippen LogP contribution is 2.41. The molecule has 0 spiro atoms. The molecule has 6 aromatic rings. The molecule has 0 fully saturated rings. The zero-order chi connectivity index (χ0) is 34.9. The van der Waals surface area contributed by atoms with Crippen molar-refractivity contribution in [3.05, 3.63) is 133 Å². The largest absolute Gasteiger partial charge is 0.308 e. The summed E-state index contributed by atoms with van der Waals surface area (Å²) >= 11 is 2.13. The van der Waals surface area contributed by atoms with Crippen molar-refractivity contribution in [2.45, 2.75) is 103 Å². The molecular formula is C48H58N2S. The van der Waals surface area contributed by atoms with Crippen LogP contribution in [0, 0.1) is 0 Å². The minimum atomic E-state index is 1.12. The molecule has 0 saturated carbocycles. The van der Waals surface area contributed by atoms with Crippen LogP contribution in [0.2, 0.25) is 0 Å². The number of benzene rings is 5. The first-order chi connectivity index (χ1) is 25.3. The van der Waals surface area contributed by atoms with Gasteiger partial charge < -0.3 is 9.47 Å². The van der Waals surface area contributed by atoms with Crippen LogP contribution < -0.4 is 4.90 Å². The van der Waals surface area contributed by atoms with Crippen LogP contribution in [0.4, 0.5) is 17.1 Å². The molecule has 266 valence electrons. The Labute approximate surface area is 312 Å². The fourth-order valence-electron chi connectivity index (χ4n) is 7.55. The first-order valence-corrected chi connectivity index (χ1v) is 21.1. The first-order valence-electron chi connectivity index (χ1n) is 19.9. The molecule has 1 heterocycles. The molecule has 0 N–H and O–H groups in total. The molecule has 0 aliphatic rings. The van der Waals surface area contributed by atoms with Gasteiger partial charge in [-0.1, -0.05) is 163 Å². The Morgan fingerprint density at radius 3 is 1.65 bits per heavy atom. The second-order valence-corrected chi connectivity index (χ2v) is 15.4. The number of hydrogen-bond donors (Lipinski definition) is 0. The van der Waals surface area contributed by atoms with Crippen LogP contribution >= 0.6 is 11.8 Å². The fourth-order valence-corrected chi connectivity index (χ4v) is 8.54. The van der Waals surface area contributed by atoms with Crippen LogP contribution in [0.5, 0.6) is 0 Å². The number of aromatic nitrogens is 1. The normalized spacial score (nSPS) is 11.5. The number of thioether (sulfide) groups is 1. The number of hydrogen-bond acceptors (Lipinski definition) is 2. The minimum Gasteiger partial charge on any atom is -0.308 e. The molecule has 0 saturated heterocycles. The smallest absolute Gasteiger partial charge is 0.0702 e. The van der Waals surface area contributed by atoms with E-state index in [2.05, 4.69) is 156 Å². The Hall–Kier alpha value is -3.95. The zero-order valence-corrected chi connectivity index (χ0v) is 31.8. The molecule has 0 amide bonds. The highest BCUT2D eigenvalue weighted by Gasteiger charge is 2.20. The second kappa shape index (κ2) is 20.2. The van der Waals surface area contributed by atoms with E-state index in [1.165, 1.54) is 134 Å². The van der Waals surface area contributed by atoms with Crippen molar-refractivity contribution in [2.24, 2.45) is 0 Å². The van der Waals surface area contributed by atoms with Gasteiger partial charge >= 0.3 is 0 Å². The van der Waals surface area contributed by atoms with Crippen molar-refractivity contribution < 1.29 is 0 Å². The van der Waals surface area contributed by atoms with Crippen molar-refractivity contribution in [1.82, 2.24) is 4.57 Å². The molecule has 5 aromatic carbocycles. The number of anilines is 3. The molecule has 6 rings (SSSR count). The lowest BCUT2D eigenvalue weighted by Gasteiger charge is -2.28. The fraction of sp³-hybridized carbons (Fsp3) is 0.375. The van der Waals surface area contributed by atoms with E-state index in [0.717, 1.165) is 23.5 Å². The van der Waals surface area contributed by atoms with Crippen molar-refractivity contribution in [3.63, 3.8) is 0 Å². The maximum absolute atomic E-state index is 2.47. The van der Waals surface area contributed by atoms with E-state index in [9.17, 15) is 0 Å². The maximum atomic E-state index is 2.47. The Bertz CT molecular complexity index is 1840. The van der Waals surface area contributed by atoms with E-state index in [0.29, 0.717) is 0 Å². The van der Waals surface area contributed by atoms with Gasteiger partial charge in [-0.15, -0.1) is 0 Å². The quantitative estimate of drug-likeness (QED) is 0.0654. The second-order valence-electron chi connectivity index (χ2n) is 14.2. The topological polar surface area (TPSA) is 8.17 Å². The van der Waals surface area contributed by atoms with Gasteiger partial charge in [0, 0.05) is 22.1 Å². The summed E-state index contributed by atoms with van der Waals surface area (Å²) in [4.78, 5) is 2.37. The molecule has 51 heavy (non-hydrogen) atoms. The number of nitrogens with zero attached hydrogens (tertiary/aromatic N) is 2. The van der Waals surface area contributed by atoms with E-state index < -0.39 is 0 Å². The third kappa shape index (κ3) is 10.1. The van der Waals surface area contributed by atoms with Crippen molar-refractivity contribution >= 4 is 50.6 Å². The number of unbranched alkanes of at least 4 members (excludes halogenated alkanes) is 13. The van der Waals surface area contributed by atoms with Crippen LogP contribution in [0.1, 0.15) is 102 Å². The lowest BCUT2D eigenvalue weighted by Crippen LogP contribution is -2.12. The molecule has 3 heteroatoms. The highest BCUT2D eigenvalue weighted by atomic mass is 32.2. The van der Waals surface area contributed by atoms with E-state index in [1.807, 2.05) is 0 Å². The summed E-state index contributed by atoms with van der Waals surface area (Å²) in [7, 11) is 0. The maximum Gasteiger partial charge on any atom is 0.0702 e. The van der Waals surface area contributed by atoms with Gasteiger partial charge in [-0.3, -0.25) is 0 Å². The molecule has 0 bridgehead atoms. The molecule has 0 atom stereocenters. The summed E-state index contributed by atoms with van der Waals surface area (Å²) < 4.78 is 2.47. The van der Waals surface area contributed by atoms with Crippen LogP contribution in [0.3, 0.4) is 0 Å². The average Bonchev–Trinajstić information content (AvgIpc) is 3.51. The SMILES string of the molecule is CCCCCCCCCCCCCCCCSCCc1ccc2c(c1)c1ccccc1n2-c1ccccc1N(c1ccccc1)c1ccccc1. The van der Waals surface area contributed by atoms with E-state index >= 15 is 0 Å². The molecule has 2 nitrogen and oxygen atoms in total. The molecule has 0 unspecified atom stereocenters. The molecule has 0 aliphatic carbocycles. The van der Waals surface area contributed by atoms with Crippen LogP contribution in [-0.2, 0) is 6.42 Å². The summed E-state index contributed by atoms with van der Waals surface area (Å²) in [5, 5.41) is 2.64. The van der Waals surface area contributed by atoms with Crippen LogP contribution in [0.25, 0.3) is 27.5 Å². The number of rotatable bonds is 22. The Morgan fingerprint density at radius 2 is 1.00 bits per heavy atom. The molecular weight excluding hydrogens is 637 g/mol. The summed E-state index contributed by atoms with van der Waals surface area (Å²) in [6.07, 6.45) is 21.1. The van der Waals surface area contributed by atoms with Gasteiger partial charge in [-0.05, 0) is 84.5 Å². The highest BCUT2D eigenvalue weighted by molar-refractivity contribution is 7.99. The van der Waals surface area contributed by atoms with Gasteiger partial charge in [0.2, 0.25) is 0 Å². The van der Waals surface area contributed by atoms with E-state index in [4.69, 9.17) is 0 Å². The number of fused-ring (bicyclic) bond motifs is 3. The predicted octanol–water partition coefficient (Wildman–Crippen LogP) is 15.0. The van der Waals surface area contributed by atoms with Crippen molar-refractivity contribution in [3.8, 4) is 5.69 Å². The molecule has 0 radical (unpaired) electrons. The third-order valence-corrected chi connectivity index (χ3v) is 11.4. The Morgan fingerprint density at radius 1 is 0.471 bits per heavy atom. The average molecular weight is 695 g/mol. The van der Waals surface area contributed by atoms with Crippen LogP contribution in [-0.4, -0.2) is 16.1 Å². The summed E-state index contributed by atoms with van der Waals surface area (Å²) in [5.74, 6) is 2.48. The standard InChI is InChI=1S/C48H58N2S/c1-2-3-4-5-6-7-8-9-10-11-12-13-14-25-37-51-38-36-40-34-35-46-44(39-40)43-30-21-22-31-45(43)50(46)48-33-24-23-32-47(48)49(41-26-17-15-18-27-41)42-28-19-16-20-29-42/h15-24,26-35,39H,2-14,25,36-38H2,1H3. The van der Waals surface area contributed by atoms with E-state index in [1.54, 1.807) is 0 Å². The summed E-state index contributed by atoms with van der Waals surface area (Å²) in [5.41, 5.74) is 8.54. The Balaban J connectivity index is 1.05. The monoisotopic (exact) mass is 694 g/mol. The van der Waals surface area contributed by atoms with Crippen molar-refractivity contribution in [1.29, 1.82) is 0 Å². The first kappa shape index (κ1) is 36.8. The van der Waals surface area contributed by atoms with Gasteiger partial charge in [0.25, 0.3) is 0 Å². The van der Waals surface area contributed by atoms with Gasteiger partial charge in [0.15, 0.2) is 0 Å². The van der Waals surface area contributed by atoms with E-state index in [-0.39, 0.29) is 0 Å². The number of aryl methyl sites for hydroxylation is 1. The lowest BCUT2D eigenvalue weighted by molar-refractivity contribution is 0.538. The van der Waals surface area contributed by atoms with Gasteiger partial charge in [0.1, 0.15) is 0 Å². The van der Waals surface area contributed by atoms with Gasteiger partial charge in [0.05, 0.1) is 22.4 Å². The molecule has 1 aromatic heterocycles. The minimum absolute atomic E-state index is 1.12. The zero-order valence-electron chi connectivity index (χ0n) is 30.9.